The van der Waals surface area contributed by atoms with Gasteiger partial charge in [0.1, 0.15) is 0 Å². The standard InChI is InChI=1S/C10H14ClNOS/c1-10(2,13)6-14-7-3-4-9(12)8(11)5-7/h3-5,13H,6,12H2,1-2H3. The first-order valence-electron chi connectivity index (χ1n) is 4.29. The second kappa shape index (κ2) is 4.43. The monoisotopic (exact) mass is 231 g/mol. The van der Waals surface area contributed by atoms with Gasteiger partial charge in [-0.1, -0.05) is 11.6 Å². The highest BCUT2D eigenvalue weighted by Crippen LogP contribution is 2.28. The molecule has 0 amide bonds. The van der Waals surface area contributed by atoms with Crippen LogP contribution in [0.2, 0.25) is 5.02 Å². The maximum Gasteiger partial charge on any atom is 0.0685 e. The molecule has 2 nitrogen and oxygen atoms in total. The van der Waals surface area contributed by atoms with E-state index in [4.69, 9.17) is 17.3 Å². The highest BCUT2D eigenvalue weighted by atomic mass is 35.5. The molecule has 1 aromatic rings. The Morgan fingerprint density at radius 3 is 2.64 bits per heavy atom. The third-order valence-electron chi connectivity index (χ3n) is 1.56. The molecular formula is C10H14ClNOS. The molecule has 0 saturated heterocycles. The molecule has 78 valence electrons. The van der Waals surface area contributed by atoms with E-state index >= 15 is 0 Å². The molecular weight excluding hydrogens is 218 g/mol. The quantitative estimate of drug-likeness (QED) is 0.621. The molecule has 1 rings (SSSR count). The number of rotatable bonds is 3. The summed E-state index contributed by atoms with van der Waals surface area (Å²) in [6.07, 6.45) is 0. The Labute approximate surface area is 93.5 Å². The van der Waals surface area contributed by atoms with Crippen molar-refractivity contribution in [3.8, 4) is 0 Å². The Bertz CT molecular complexity index is 322. The van der Waals surface area contributed by atoms with Crippen LogP contribution in [0.5, 0.6) is 0 Å². The van der Waals surface area contributed by atoms with Gasteiger partial charge in [-0.15, -0.1) is 11.8 Å². The van der Waals surface area contributed by atoms with Crippen molar-refractivity contribution >= 4 is 29.1 Å². The smallest absolute Gasteiger partial charge is 0.0685 e. The number of benzene rings is 1. The van der Waals surface area contributed by atoms with Gasteiger partial charge in [0, 0.05) is 10.6 Å². The van der Waals surface area contributed by atoms with Gasteiger partial charge in [-0.05, 0) is 32.0 Å². The molecule has 1 aromatic carbocycles. The first-order valence-corrected chi connectivity index (χ1v) is 5.65. The lowest BCUT2D eigenvalue weighted by Gasteiger charge is -2.16. The van der Waals surface area contributed by atoms with Crippen LogP contribution in [0.15, 0.2) is 23.1 Å². The molecule has 0 aromatic heterocycles. The molecule has 0 atom stereocenters. The summed E-state index contributed by atoms with van der Waals surface area (Å²) in [7, 11) is 0. The van der Waals surface area contributed by atoms with Crippen molar-refractivity contribution in [1.29, 1.82) is 0 Å². The number of nitrogen functional groups attached to an aromatic ring is 1. The highest BCUT2D eigenvalue weighted by Gasteiger charge is 2.12. The van der Waals surface area contributed by atoms with Crippen LogP contribution in [-0.2, 0) is 0 Å². The van der Waals surface area contributed by atoms with E-state index in [0.717, 1.165) is 4.90 Å². The van der Waals surface area contributed by atoms with Crippen molar-refractivity contribution in [3.05, 3.63) is 23.2 Å². The molecule has 0 bridgehead atoms. The van der Waals surface area contributed by atoms with E-state index in [1.165, 1.54) is 0 Å². The number of anilines is 1. The van der Waals surface area contributed by atoms with Crippen LogP contribution >= 0.6 is 23.4 Å². The molecule has 0 aliphatic heterocycles. The van der Waals surface area contributed by atoms with Crippen molar-refractivity contribution < 1.29 is 5.11 Å². The van der Waals surface area contributed by atoms with E-state index in [9.17, 15) is 5.11 Å². The summed E-state index contributed by atoms with van der Waals surface area (Å²) >= 11 is 7.42. The maximum absolute atomic E-state index is 9.52. The van der Waals surface area contributed by atoms with E-state index in [1.54, 1.807) is 31.7 Å². The maximum atomic E-state index is 9.52. The van der Waals surface area contributed by atoms with Crippen molar-refractivity contribution in [2.75, 3.05) is 11.5 Å². The van der Waals surface area contributed by atoms with Crippen LogP contribution in [0, 0.1) is 0 Å². The van der Waals surface area contributed by atoms with E-state index in [0.29, 0.717) is 16.5 Å². The average Bonchev–Trinajstić information content (AvgIpc) is 2.06. The molecule has 3 N–H and O–H groups in total. The molecule has 0 unspecified atom stereocenters. The minimum atomic E-state index is -0.668. The van der Waals surface area contributed by atoms with Crippen LogP contribution in [0.4, 0.5) is 5.69 Å². The van der Waals surface area contributed by atoms with Gasteiger partial charge in [0.25, 0.3) is 0 Å². The fourth-order valence-electron chi connectivity index (χ4n) is 0.858. The first-order chi connectivity index (χ1) is 6.38. The van der Waals surface area contributed by atoms with Crippen molar-refractivity contribution in [1.82, 2.24) is 0 Å². The van der Waals surface area contributed by atoms with Crippen molar-refractivity contribution in [2.45, 2.75) is 24.3 Å². The van der Waals surface area contributed by atoms with Crippen LogP contribution in [0.25, 0.3) is 0 Å². The third kappa shape index (κ3) is 3.78. The lowest BCUT2D eigenvalue weighted by Crippen LogP contribution is -2.21. The minimum Gasteiger partial charge on any atom is -0.398 e. The van der Waals surface area contributed by atoms with Crippen LogP contribution in [0.1, 0.15) is 13.8 Å². The summed E-state index contributed by atoms with van der Waals surface area (Å²) in [6.45, 7) is 3.55. The van der Waals surface area contributed by atoms with Crippen molar-refractivity contribution in [3.63, 3.8) is 0 Å². The zero-order valence-corrected chi connectivity index (χ0v) is 9.82. The van der Waals surface area contributed by atoms with Gasteiger partial charge in [0.15, 0.2) is 0 Å². The molecule has 0 aliphatic carbocycles. The first kappa shape index (κ1) is 11.7. The molecule has 0 fully saturated rings. The SMILES string of the molecule is CC(C)(O)CSc1ccc(N)c(Cl)c1. The van der Waals surface area contributed by atoms with Gasteiger partial charge in [0.2, 0.25) is 0 Å². The largest absolute Gasteiger partial charge is 0.398 e. The fourth-order valence-corrected chi connectivity index (χ4v) is 1.99. The predicted molar refractivity (Wildman–Crippen MR) is 62.9 cm³/mol. The molecule has 0 spiro atoms. The van der Waals surface area contributed by atoms with Crippen LogP contribution in [0.3, 0.4) is 0 Å². The number of thioether (sulfide) groups is 1. The topological polar surface area (TPSA) is 46.2 Å². The fraction of sp³-hybridized carbons (Fsp3) is 0.400. The Hall–Kier alpha value is -0.380. The van der Waals surface area contributed by atoms with E-state index in [-0.39, 0.29) is 0 Å². The normalized spacial score (nSPS) is 11.7. The average molecular weight is 232 g/mol. The number of halogens is 1. The van der Waals surface area contributed by atoms with Crippen LogP contribution in [-0.4, -0.2) is 16.5 Å². The lowest BCUT2D eigenvalue weighted by molar-refractivity contribution is 0.107. The Morgan fingerprint density at radius 2 is 2.14 bits per heavy atom. The van der Waals surface area contributed by atoms with Gasteiger partial charge in [-0.2, -0.15) is 0 Å². The van der Waals surface area contributed by atoms with Gasteiger partial charge in [0.05, 0.1) is 16.3 Å². The summed E-state index contributed by atoms with van der Waals surface area (Å²) in [5.74, 6) is 0.632. The summed E-state index contributed by atoms with van der Waals surface area (Å²) in [5, 5.41) is 10.1. The van der Waals surface area contributed by atoms with E-state index in [2.05, 4.69) is 0 Å². The Balaban J connectivity index is 2.65. The predicted octanol–water partition coefficient (Wildman–Crippen LogP) is 2.79. The zero-order valence-electron chi connectivity index (χ0n) is 8.25. The molecule has 0 radical (unpaired) electrons. The second-order valence-corrected chi connectivity index (χ2v) is 5.24. The molecule has 0 aliphatic rings. The van der Waals surface area contributed by atoms with Crippen molar-refractivity contribution in [2.24, 2.45) is 0 Å². The minimum absolute atomic E-state index is 0.561. The summed E-state index contributed by atoms with van der Waals surface area (Å²) in [5.41, 5.74) is 5.49. The number of hydrogen-bond donors (Lipinski definition) is 2. The molecule has 0 heterocycles. The van der Waals surface area contributed by atoms with Gasteiger partial charge >= 0.3 is 0 Å². The summed E-state index contributed by atoms with van der Waals surface area (Å²) < 4.78 is 0. The van der Waals surface area contributed by atoms with Crippen LogP contribution < -0.4 is 5.73 Å². The summed E-state index contributed by atoms with van der Waals surface area (Å²) in [6, 6.07) is 5.49. The number of hydrogen-bond acceptors (Lipinski definition) is 3. The summed E-state index contributed by atoms with van der Waals surface area (Å²) in [4.78, 5) is 1.02. The molecule has 4 heteroatoms. The molecule has 0 saturated carbocycles. The zero-order chi connectivity index (χ0) is 10.8. The lowest BCUT2D eigenvalue weighted by atomic mass is 10.2. The van der Waals surface area contributed by atoms with Gasteiger partial charge < -0.3 is 10.8 Å². The molecule has 14 heavy (non-hydrogen) atoms. The highest BCUT2D eigenvalue weighted by molar-refractivity contribution is 7.99. The second-order valence-electron chi connectivity index (χ2n) is 3.78. The Morgan fingerprint density at radius 1 is 1.50 bits per heavy atom. The van der Waals surface area contributed by atoms with Gasteiger partial charge in [-0.3, -0.25) is 0 Å². The van der Waals surface area contributed by atoms with E-state index < -0.39 is 5.60 Å². The Kier molecular flexibility index (Phi) is 3.70. The van der Waals surface area contributed by atoms with Gasteiger partial charge in [-0.25, -0.2) is 0 Å². The number of aliphatic hydroxyl groups is 1. The number of nitrogens with two attached hydrogens (primary N) is 1. The third-order valence-corrected chi connectivity index (χ3v) is 3.33. The van der Waals surface area contributed by atoms with E-state index in [1.807, 2.05) is 12.1 Å².